The summed E-state index contributed by atoms with van der Waals surface area (Å²) in [7, 11) is 0. The average Bonchev–Trinajstić information content (AvgIpc) is 2.94. The molecule has 0 fully saturated rings. The van der Waals surface area contributed by atoms with Gasteiger partial charge in [-0.2, -0.15) is 13.2 Å². The molecule has 1 aromatic heterocycles. The number of alkyl halides is 3. The molecule has 0 atom stereocenters. The lowest BCUT2D eigenvalue weighted by Crippen LogP contribution is -2.31. The molecule has 0 saturated carbocycles. The number of rotatable bonds is 6. The largest absolute Gasteiger partial charge is 0.487 e. The molecule has 0 aliphatic rings. The summed E-state index contributed by atoms with van der Waals surface area (Å²) in [4.78, 5) is 20.8. The van der Waals surface area contributed by atoms with Crippen molar-refractivity contribution >= 4 is 17.4 Å². The van der Waals surface area contributed by atoms with Crippen LogP contribution in [0, 0.1) is 18.8 Å². The lowest BCUT2D eigenvalue weighted by Gasteiger charge is -2.19. The second kappa shape index (κ2) is 12.8. The van der Waals surface area contributed by atoms with E-state index >= 15 is 0 Å². The van der Waals surface area contributed by atoms with E-state index in [0.717, 1.165) is 22.9 Å². The maximum Gasteiger partial charge on any atom is 0.417 e. The van der Waals surface area contributed by atoms with Crippen LogP contribution >= 0.6 is 0 Å². The Morgan fingerprint density at radius 2 is 1.59 bits per heavy atom. The lowest BCUT2D eigenvalue weighted by atomic mass is 10.0. The first-order valence-corrected chi connectivity index (χ1v) is 12.6. The molecule has 0 saturated heterocycles. The number of amides is 1. The fourth-order valence-electron chi connectivity index (χ4n) is 3.89. The Labute approximate surface area is 236 Å². The molecule has 5 nitrogen and oxygen atoms in total. The summed E-state index contributed by atoms with van der Waals surface area (Å²) in [6.07, 6.45) is -4.75. The van der Waals surface area contributed by atoms with E-state index in [4.69, 9.17) is 4.74 Å². The van der Waals surface area contributed by atoms with Gasteiger partial charge < -0.3 is 10.1 Å². The molecule has 8 heteroatoms. The molecular formula is C33H26F3N3O2. The third kappa shape index (κ3) is 7.93. The summed E-state index contributed by atoms with van der Waals surface area (Å²) in [5, 5.41) is 2.44. The van der Waals surface area contributed by atoms with Crippen LogP contribution in [0.5, 0.6) is 5.75 Å². The molecule has 0 spiro atoms. The van der Waals surface area contributed by atoms with E-state index < -0.39 is 23.2 Å². The number of nitrogens with one attached hydrogen (secondary N) is 1. The van der Waals surface area contributed by atoms with E-state index in [1.807, 2.05) is 30.3 Å². The number of benzene rings is 3. The summed E-state index contributed by atoms with van der Waals surface area (Å²) in [5.74, 6) is 5.07. The Bertz CT molecular complexity index is 1650. The van der Waals surface area contributed by atoms with Crippen LogP contribution in [0.15, 0.2) is 103 Å². The summed E-state index contributed by atoms with van der Waals surface area (Å²) in [5.41, 5.74) is 2.13. The molecule has 4 aromatic rings. The minimum atomic E-state index is -4.75. The number of aromatic nitrogens is 1. The number of aliphatic imine (C=N–C) groups is 1. The Balaban J connectivity index is 1.70. The van der Waals surface area contributed by atoms with Crippen molar-refractivity contribution in [1.82, 2.24) is 10.3 Å². The third-order valence-electron chi connectivity index (χ3n) is 5.77. The van der Waals surface area contributed by atoms with E-state index in [1.54, 1.807) is 49.4 Å². The number of pyridine rings is 1. The Morgan fingerprint density at radius 1 is 0.927 bits per heavy atom. The van der Waals surface area contributed by atoms with Crippen LogP contribution in [-0.4, -0.2) is 16.7 Å². The predicted molar refractivity (Wildman–Crippen MR) is 153 cm³/mol. The maximum atomic E-state index is 14.2. The zero-order valence-corrected chi connectivity index (χ0v) is 22.4. The molecule has 1 heterocycles. The van der Waals surface area contributed by atoms with Gasteiger partial charge in [0.1, 0.15) is 18.2 Å². The molecule has 206 valence electrons. The lowest BCUT2D eigenvalue weighted by molar-refractivity contribution is -0.138. The first-order valence-electron chi connectivity index (χ1n) is 12.6. The number of hydrogen-bond acceptors (Lipinski definition) is 4. The van der Waals surface area contributed by atoms with Gasteiger partial charge in [0.05, 0.1) is 22.5 Å². The molecule has 4 rings (SSSR count). The van der Waals surface area contributed by atoms with Crippen molar-refractivity contribution in [3.63, 3.8) is 0 Å². The number of ether oxygens (including phenoxy) is 1. The standard InChI is InChI=1S/C33H26F3N3O2/c1-22-9-7-12-28(37-22)21-41-30-14-8-13-29(33(34,35)36)31(30)32(39-24(3)40)38-23(2)27-19-17-26(18-20-27)16-15-25-10-5-4-6-11-25/h4-14,17-20H,2,21H2,1,3H3,(H,38,39,40). The predicted octanol–water partition coefficient (Wildman–Crippen LogP) is 6.94. The topological polar surface area (TPSA) is 63.6 Å². The number of carbonyl (C=O) groups is 1. The van der Waals surface area contributed by atoms with E-state index in [-0.39, 0.29) is 23.9 Å². The highest BCUT2D eigenvalue weighted by Gasteiger charge is 2.36. The SMILES string of the molecule is C=C(N=C(NC(C)=O)c1c(OCc2cccc(C)n2)cccc1C(F)(F)F)c1ccc(C#Cc2ccccc2)cc1. The van der Waals surface area contributed by atoms with Gasteiger partial charge in [0, 0.05) is 23.7 Å². The van der Waals surface area contributed by atoms with Gasteiger partial charge >= 0.3 is 6.18 Å². The zero-order valence-electron chi connectivity index (χ0n) is 22.4. The number of hydrogen-bond donors (Lipinski definition) is 1. The molecule has 0 aliphatic heterocycles. The van der Waals surface area contributed by atoms with Crippen molar-refractivity contribution in [2.24, 2.45) is 4.99 Å². The fraction of sp³-hybridized carbons (Fsp3) is 0.121. The summed E-state index contributed by atoms with van der Waals surface area (Å²) in [6, 6.07) is 25.3. The van der Waals surface area contributed by atoms with Gasteiger partial charge in [-0.05, 0) is 61.0 Å². The van der Waals surface area contributed by atoms with Crippen LogP contribution in [0.3, 0.4) is 0 Å². The van der Waals surface area contributed by atoms with Crippen LogP contribution in [-0.2, 0) is 17.6 Å². The molecule has 1 amide bonds. The normalized spacial score (nSPS) is 11.3. The van der Waals surface area contributed by atoms with E-state index in [2.05, 4.69) is 33.7 Å². The second-order valence-electron chi connectivity index (χ2n) is 9.02. The molecular weight excluding hydrogens is 527 g/mol. The highest BCUT2D eigenvalue weighted by Crippen LogP contribution is 2.37. The van der Waals surface area contributed by atoms with Gasteiger partial charge in [0.2, 0.25) is 5.91 Å². The molecule has 1 N–H and O–H groups in total. The minimum Gasteiger partial charge on any atom is -0.487 e. The molecule has 0 bridgehead atoms. The van der Waals surface area contributed by atoms with Crippen molar-refractivity contribution < 1.29 is 22.7 Å². The molecule has 3 aromatic carbocycles. The Morgan fingerprint density at radius 3 is 2.22 bits per heavy atom. The van der Waals surface area contributed by atoms with Gasteiger partial charge in [0.15, 0.2) is 0 Å². The number of carbonyl (C=O) groups excluding carboxylic acids is 1. The zero-order chi connectivity index (χ0) is 29.4. The smallest absolute Gasteiger partial charge is 0.417 e. The maximum absolute atomic E-state index is 14.2. The number of amidine groups is 1. The van der Waals surface area contributed by atoms with E-state index in [1.165, 1.54) is 19.1 Å². The first kappa shape index (κ1) is 28.8. The highest BCUT2D eigenvalue weighted by molar-refractivity contribution is 6.11. The van der Waals surface area contributed by atoms with Gasteiger partial charge in [-0.3, -0.25) is 9.78 Å². The van der Waals surface area contributed by atoms with Crippen LogP contribution in [0.25, 0.3) is 5.70 Å². The van der Waals surface area contributed by atoms with Gasteiger partial charge in [-0.1, -0.05) is 60.9 Å². The van der Waals surface area contributed by atoms with Gasteiger partial charge in [-0.25, -0.2) is 4.99 Å². The summed E-state index contributed by atoms with van der Waals surface area (Å²) >= 11 is 0. The van der Waals surface area contributed by atoms with Crippen LogP contribution in [0.2, 0.25) is 0 Å². The Hall–Kier alpha value is -5.16. The van der Waals surface area contributed by atoms with Crippen molar-refractivity contribution in [3.8, 4) is 17.6 Å². The fourth-order valence-corrected chi connectivity index (χ4v) is 3.89. The highest BCUT2D eigenvalue weighted by atomic mass is 19.4. The molecule has 0 radical (unpaired) electrons. The number of nitrogens with zero attached hydrogens (tertiary/aromatic N) is 2. The van der Waals surface area contributed by atoms with Crippen molar-refractivity contribution in [3.05, 3.63) is 137 Å². The van der Waals surface area contributed by atoms with Crippen molar-refractivity contribution in [2.45, 2.75) is 26.6 Å². The monoisotopic (exact) mass is 553 g/mol. The van der Waals surface area contributed by atoms with Crippen molar-refractivity contribution in [2.75, 3.05) is 0 Å². The van der Waals surface area contributed by atoms with Gasteiger partial charge in [-0.15, -0.1) is 0 Å². The summed E-state index contributed by atoms with van der Waals surface area (Å²) in [6.45, 7) is 6.84. The Kier molecular flexibility index (Phi) is 9.00. The van der Waals surface area contributed by atoms with Crippen LogP contribution in [0.4, 0.5) is 13.2 Å². The van der Waals surface area contributed by atoms with Crippen molar-refractivity contribution in [1.29, 1.82) is 0 Å². The minimum absolute atomic E-state index is 0.0875. The van der Waals surface area contributed by atoms with E-state index in [9.17, 15) is 18.0 Å². The average molecular weight is 554 g/mol. The van der Waals surface area contributed by atoms with Gasteiger partial charge in [0.25, 0.3) is 0 Å². The molecule has 41 heavy (non-hydrogen) atoms. The molecule has 0 unspecified atom stereocenters. The van der Waals surface area contributed by atoms with E-state index in [0.29, 0.717) is 11.3 Å². The quantitative estimate of drug-likeness (QED) is 0.160. The third-order valence-corrected chi connectivity index (χ3v) is 5.77. The first-order chi connectivity index (χ1) is 19.6. The van der Waals surface area contributed by atoms with Crippen LogP contribution < -0.4 is 10.1 Å². The summed E-state index contributed by atoms with van der Waals surface area (Å²) < 4.78 is 48.3. The second-order valence-corrected chi connectivity index (χ2v) is 9.02. The van der Waals surface area contributed by atoms with Crippen LogP contribution in [0.1, 0.15) is 46.1 Å². The molecule has 0 aliphatic carbocycles. The number of halogens is 3. The number of aryl methyl sites for hydroxylation is 1.